The molecule has 12 heavy (non-hydrogen) atoms. The molecule has 0 aromatic heterocycles. The summed E-state index contributed by atoms with van der Waals surface area (Å²) < 4.78 is 25.2. The Hall–Kier alpha value is -1.47. The lowest BCUT2D eigenvalue weighted by molar-refractivity contribution is 0.228. The lowest BCUT2D eigenvalue weighted by Crippen LogP contribution is -1.99. The molecule has 62 valence electrons. The van der Waals surface area contributed by atoms with Gasteiger partial charge in [0.1, 0.15) is 0 Å². The number of nitriles is 1. The van der Waals surface area contributed by atoms with Gasteiger partial charge in [-0.3, -0.25) is 0 Å². The molecule has 0 saturated heterocycles. The van der Waals surface area contributed by atoms with Gasteiger partial charge in [0.15, 0.2) is 17.7 Å². The summed E-state index contributed by atoms with van der Waals surface area (Å²) in [6, 6.07) is 4.71. The van der Waals surface area contributed by atoms with Crippen molar-refractivity contribution in [1.29, 1.82) is 5.26 Å². The van der Waals surface area contributed by atoms with E-state index in [0.29, 0.717) is 0 Å². The fourth-order valence-electron chi connectivity index (χ4n) is 0.801. The largest absolute Gasteiger partial charge is 0.374 e. The number of aliphatic hydroxyl groups is 1. The number of hydrogen-bond acceptors (Lipinski definition) is 2. The molecule has 1 aromatic carbocycles. The summed E-state index contributed by atoms with van der Waals surface area (Å²) in [5.41, 5.74) is -0.336. The van der Waals surface area contributed by atoms with Crippen LogP contribution in [0.15, 0.2) is 18.2 Å². The highest BCUT2D eigenvalue weighted by Gasteiger charge is 2.14. The van der Waals surface area contributed by atoms with Gasteiger partial charge >= 0.3 is 0 Å². The number of halogens is 2. The summed E-state index contributed by atoms with van der Waals surface area (Å²) in [4.78, 5) is 0. The van der Waals surface area contributed by atoms with E-state index in [4.69, 9.17) is 10.4 Å². The predicted octanol–water partition coefficient (Wildman–Crippen LogP) is 1.52. The Morgan fingerprint density at radius 1 is 1.42 bits per heavy atom. The summed E-state index contributed by atoms with van der Waals surface area (Å²) in [6.07, 6.45) is -1.61. The Morgan fingerprint density at radius 3 is 2.67 bits per heavy atom. The van der Waals surface area contributed by atoms with Crippen molar-refractivity contribution in [3.05, 3.63) is 35.4 Å². The molecule has 0 spiro atoms. The van der Waals surface area contributed by atoms with Crippen LogP contribution >= 0.6 is 0 Å². The van der Waals surface area contributed by atoms with E-state index in [1.54, 1.807) is 0 Å². The summed E-state index contributed by atoms with van der Waals surface area (Å²) in [5, 5.41) is 17.1. The number of aliphatic hydroxyl groups excluding tert-OH is 1. The van der Waals surface area contributed by atoms with Gasteiger partial charge in [-0.05, 0) is 6.07 Å². The van der Waals surface area contributed by atoms with E-state index in [9.17, 15) is 8.78 Å². The van der Waals surface area contributed by atoms with Crippen LogP contribution in [0.3, 0.4) is 0 Å². The highest BCUT2D eigenvalue weighted by molar-refractivity contribution is 5.24. The maximum Gasteiger partial charge on any atom is 0.168 e. The maximum absolute atomic E-state index is 12.8. The van der Waals surface area contributed by atoms with Crippen LogP contribution in [0.4, 0.5) is 8.78 Å². The molecule has 1 rings (SSSR count). The first-order valence-corrected chi connectivity index (χ1v) is 3.18. The molecule has 0 aliphatic heterocycles. The van der Waals surface area contributed by atoms with E-state index in [2.05, 4.69) is 0 Å². The first-order valence-electron chi connectivity index (χ1n) is 3.18. The summed E-state index contributed by atoms with van der Waals surface area (Å²) >= 11 is 0. The minimum atomic E-state index is -1.61. The number of nitrogens with zero attached hydrogens (tertiary/aromatic N) is 1. The van der Waals surface area contributed by atoms with Crippen LogP contribution in [-0.2, 0) is 0 Å². The van der Waals surface area contributed by atoms with E-state index in [0.717, 1.165) is 12.1 Å². The normalized spacial score (nSPS) is 12.2. The molecule has 1 atom stereocenters. The Labute approximate surface area is 67.7 Å². The molecule has 0 bridgehead atoms. The zero-order valence-electron chi connectivity index (χ0n) is 5.96. The molecule has 1 aromatic rings. The summed E-state index contributed by atoms with van der Waals surface area (Å²) in [5.74, 6) is -2.24. The number of benzene rings is 1. The van der Waals surface area contributed by atoms with Crippen molar-refractivity contribution in [2.45, 2.75) is 6.10 Å². The molecule has 2 nitrogen and oxygen atoms in total. The van der Waals surface area contributed by atoms with Gasteiger partial charge in [-0.2, -0.15) is 5.26 Å². The van der Waals surface area contributed by atoms with Gasteiger partial charge in [-0.15, -0.1) is 0 Å². The maximum atomic E-state index is 12.8. The topological polar surface area (TPSA) is 44.0 Å². The van der Waals surface area contributed by atoms with Crippen molar-refractivity contribution < 1.29 is 13.9 Å². The van der Waals surface area contributed by atoms with Crippen molar-refractivity contribution >= 4 is 0 Å². The van der Waals surface area contributed by atoms with Crippen molar-refractivity contribution in [3.63, 3.8) is 0 Å². The lowest BCUT2D eigenvalue weighted by Gasteiger charge is -2.03. The zero-order valence-corrected chi connectivity index (χ0v) is 5.96. The van der Waals surface area contributed by atoms with Gasteiger partial charge in [-0.1, -0.05) is 12.1 Å². The van der Waals surface area contributed by atoms with Crippen LogP contribution < -0.4 is 0 Å². The van der Waals surface area contributed by atoms with E-state index in [1.807, 2.05) is 0 Å². The third-order valence-corrected chi connectivity index (χ3v) is 1.40. The van der Waals surface area contributed by atoms with Gasteiger partial charge in [-0.25, -0.2) is 8.78 Å². The van der Waals surface area contributed by atoms with Gasteiger partial charge in [0, 0.05) is 5.56 Å². The highest BCUT2D eigenvalue weighted by Crippen LogP contribution is 2.17. The fraction of sp³-hybridized carbons (Fsp3) is 0.125. The quantitative estimate of drug-likeness (QED) is 0.647. The smallest absolute Gasteiger partial charge is 0.168 e. The minimum Gasteiger partial charge on any atom is -0.374 e. The third-order valence-electron chi connectivity index (χ3n) is 1.40. The molecule has 4 heteroatoms. The summed E-state index contributed by atoms with van der Waals surface area (Å²) in [7, 11) is 0. The molecule has 0 fully saturated rings. The highest BCUT2D eigenvalue weighted by atomic mass is 19.2. The van der Waals surface area contributed by atoms with E-state index >= 15 is 0 Å². The molecule has 0 heterocycles. The van der Waals surface area contributed by atoms with Gasteiger partial charge < -0.3 is 5.11 Å². The SMILES string of the molecule is N#CC(O)c1cccc(F)c1F. The van der Waals surface area contributed by atoms with Crippen LogP contribution in [0.5, 0.6) is 0 Å². The van der Waals surface area contributed by atoms with E-state index in [-0.39, 0.29) is 5.56 Å². The van der Waals surface area contributed by atoms with Crippen LogP contribution in [0, 0.1) is 23.0 Å². The Kier molecular flexibility index (Phi) is 2.36. The molecule has 1 unspecified atom stereocenters. The van der Waals surface area contributed by atoms with Crippen molar-refractivity contribution in [2.24, 2.45) is 0 Å². The van der Waals surface area contributed by atoms with E-state index < -0.39 is 17.7 Å². The van der Waals surface area contributed by atoms with Crippen molar-refractivity contribution in [3.8, 4) is 6.07 Å². The van der Waals surface area contributed by atoms with Gasteiger partial charge in [0.25, 0.3) is 0 Å². The first-order chi connectivity index (χ1) is 5.66. The third kappa shape index (κ3) is 1.41. The molecular formula is C8H5F2NO. The average Bonchev–Trinajstić information content (AvgIpc) is 2.08. The van der Waals surface area contributed by atoms with Gasteiger partial charge in [0.2, 0.25) is 0 Å². The number of rotatable bonds is 1. The second-order valence-corrected chi connectivity index (χ2v) is 2.17. The van der Waals surface area contributed by atoms with Gasteiger partial charge in [0.05, 0.1) is 6.07 Å². The van der Waals surface area contributed by atoms with Crippen LogP contribution in [-0.4, -0.2) is 5.11 Å². The predicted molar refractivity (Wildman–Crippen MR) is 36.9 cm³/mol. The fourth-order valence-corrected chi connectivity index (χ4v) is 0.801. The lowest BCUT2D eigenvalue weighted by atomic mass is 10.1. The van der Waals surface area contributed by atoms with E-state index in [1.165, 1.54) is 12.1 Å². The average molecular weight is 169 g/mol. The van der Waals surface area contributed by atoms with Crippen LogP contribution in [0.25, 0.3) is 0 Å². The molecule has 0 saturated carbocycles. The first kappa shape index (κ1) is 8.62. The second kappa shape index (κ2) is 3.28. The molecule has 1 N–H and O–H groups in total. The standard InChI is InChI=1S/C8H5F2NO/c9-6-3-1-2-5(8(6)10)7(12)4-11/h1-3,7,12H. The molecule has 0 aliphatic carbocycles. The number of hydrogen-bond donors (Lipinski definition) is 1. The van der Waals surface area contributed by atoms with Crippen molar-refractivity contribution in [2.75, 3.05) is 0 Å². The second-order valence-electron chi connectivity index (χ2n) is 2.17. The Bertz CT molecular complexity index is 332. The molecule has 0 aliphatic rings. The minimum absolute atomic E-state index is 0.336. The molecule has 0 radical (unpaired) electrons. The Morgan fingerprint density at radius 2 is 2.08 bits per heavy atom. The monoisotopic (exact) mass is 169 g/mol. The van der Waals surface area contributed by atoms with Crippen LogP contribution in [0.1, 0.15) is 11.7 Å². The molecular weight excluding hydrogens is 164 g/mol. The summed E-state index contributed by atoms with van der Waals surface area (Å²) in [6.45, 7) is 0. The molecule has 0 amide bonds. The van der Waals surface area contributed by atoms with Crippen LogP contribution in [0.2, 0.25) is 0 Å². The zero-order chi connectivity index (χ0) is 9.14. The van der Waals surface area contributed by atoms with Crippen molar-refractivity contribution in [1.82, 2.24) is 0 Å². The Balaban J connectivity index is 3.18.